The highest BCUT2D eigenvalue weighted by Gasteiger charge is 2.29. The van der Waals surface area contributed by atoms with E-state index in [0.29, 0.717) is 22.9 Å². The summed E-state index contributed by atoms with van der Waals surface area (Å²) in [6, 6.07) is 11.5. The van der Waals surface area contributed by atoms with Crippen molar-refractivity contribution in [1.82, 2.24) is 9.88 Å². The van der Waals surface area contributed by atoms with Gasteiger partial charge >= 0.3 is 5.97 Å². The lowest BCUT2D eigenvalue weighted by Crippen LogP contribution is -2.23. The normalized spacial score (nSPS) is 17.1. The molecule has 2 heterocycles. The van der Waals surface area contributed by atoms with Crippen molar-refractivity contribution in [2.75, 3.05) is 27.8 Å². The van der Waals surface area contributed by atoms with Crippen molar-refractivity contribution in [3.05, 3.63) is 63.8 Å². The first-order valence-corrected chi connectivity index (χ1v) is 11.0. The Morgan fingerprint density at radius 3 is 2.69 bits per heavy atom. The molecule has 6 nitrogen and oxygen atoms in total. The maximum atomic E-state index is 12.4. The summed E-state index contributed by atoms with van der Waals surface area (Å²) in [6.45, 7) is 2.87. The van der Waals surface area contributed by atoms with Crippen molar-refractivity contribution >= 4 is 34.4 Å². The number of aromatic amines is 1. The van der Waals surface area contributed by atoms with Gasteiger partial charge in [-0.1, -0.05) is 30.7 Å². The van der Waals surface area contributed by atoms with E-state index in [1.54, 1.807) is 24.1 Å². The molecule has 1 N–H and O–H groups in total. The molecule has 1 aromatic heterocycles. The highest BCUT2D eigenvalue weighted by molar-refractivity contribution is 6.32. The second-order valence-corrected chi connectivity index (χ2v) is 8.73. The number of nitrogens with one attached hydrogen (secondary N) is 1. The number of nitrogens with zero attached hydrogens (tertiary/aromatic N) is 1. The molecule has 1 saturated heterocycles. The van der Waals surface area contributed by atoms with Gasteiger partial charge in [0.05, 0.1) is 19.8 Å². The van der Waals surface area contributed by atoms with Gasteiger partial charge in [0.15, 0.2) is 0 Å². The van der Waals surface area contributed by atoms with Crippen LogP contribution >= 0.6 is 11.6 Å². The van der Waals surface area contributed by atoms with Crippen molar-refractivity contribution in [3.8, 4) is 5.75 Å². The minimum Gasteiger partial charge on any atom is -0.496 e. The first-order valence-electron chi connectivity index (χ1n) is 10.6. The van der Waals surface area contributed by atoms with Crippen LogP contribution in [0.3, 0.4) is 0 Å². The maximum Gasteiger partial charge on any atom is 0.337 e. The summed E-state index contributed by atoms with van der Waals surface area (Å²) in [4.78, 5) is 29.3. The number of fused-ring (bicyclic) bond motifs is 1. The maximum absolute atomic E-state index is 12.4. The molecule has 0 saturated carbocycles. The topological polar surface area (TPSA) is 71.6 Å². The number of H-pyrrole nitrogens is 1. The molecule has 1 aliphatic heterocycles. The molecule has 1 aliphatic rings. The van der Waals surface area contributed by atoms with E-state index in [4.69, 9.17) is 21.1 Å². The SMILES string of the molecule is COC(=O)c1ccc(C(C)c2c(Cl)[nH]c3ccc(CC4CCN(C)C4=O)cc23)c(OC)c1. The Bertz CT molecular complexity index is 1190. The van der Waals surface area contributed by atoms with Gasteiger partial charge in [-0.2, -0.15) is 0 Å². The minimum absolute atomic E-state index is 0.0266. The smallest absolute Gasteiger partial charge is 0.337 e. The van der Waals surface area contributed by atoms with Crippen LogP contribution in [0.5, 0.6) is 5.75 Å². The fourth-order valence-electron chi connectivity index (χ4n) is 4.62. The molecule has 1 fully saturated rings. The van der Waals surface area contributed by atoms with Gasteiger partial charge in [-0.15, -0.1) is 0 Å². The molecule has 0 radical (unpaired) electrons. The number of esters is 1. The van der Waals surface area contributed by atoms with Gasteiger partial charge in [0, 0.05) is 47.5 Å². The van der Waals surface area contributed by atoms with Crippen LogP contribution in [0.15, 0.2) is 36.4 Å². The van der Waals surface area contributed by atoms with E-state index < -0.39 is 5.97 Å². The fourth-order valence-corrected chi connectivity index (χ4v) is 4.98. The molecular weight excluding hydrogens is 428 g/mol. The van der Waals surface area contributed by atoms with E-state index in [0.717, 1.165) is 40.6 Å². The zero-order valence-electron chi connectivity index (χ0n) is 18.7. The Hall–Kier alpha value is -2.99. The van der Waals surface area contributed by atoms with E-state index in [-0.39, 0.29) is 17.7 Å². The summed E-state index contributed by atoms with van der Waals surface area (Å²) < 4.78 is 10.4. The van der Waals surface area contributed by atoms with Gasteiger partial charge < -0.3 is 19.4 Å². The predicted octanol–water partition coefficient (Wildman–Crippen LogP) is 4.79. The molecular formula is C25H27ClN2O4. The zero-order valence-corrected chi connectivity index (χ0v) is 19.5. The molecule has 2 aromatic carbocycles. The lowest BCUT2D eigenvalue weighted by molar-refractivity contribution is -0.129. The van der Waals surface area contributed by atoms with Crippen LogP contribution < -0.4 is 4.74 Å². The largest absolute Gasteiger partial charge is 0.496 e. The Morgan fingerprint density at radius 1 is 1.25 bits per heavy atom. The van der Waals surface area contributed by atoms with Crippen molar-refractivity contribution in [3.63, 3.8) is 0 Å². The van der Waals surface area contributed by atoms with E-state index >= 15 is 0 Å². The van der Waals surface area contributed by atoms with Crippen molar-refractivity contribution in [1.29, 1.82) is 0 Å². The molecule has 168 valence electrons. The third kappa shape index (κ3) is 3.95. The monoisotopic (exact) mass is 454 g/mol. The minimum atomic E-state index is -0.413. The van der Waals surface area contributed by atoms with Gasteiger partial charge in [0.25, 0.3) is 0 Å². The Kier molecular flexibility index (Phi) is 6.15. The van der Waals surface area contributed by atoms with Crippen LogP contribution in [0.4, 0.5) is 0 Å². The fraction of sp³-hybridized carbons (Fsp3) is 0.360. The third-order valence-corrected chi connectivity index (χ3v) is 6.73. The van der Waals surface area contributed by atoms with Crippen LogP contribution in [0, 0.1) is 5.92 Å². The molecule has 2 unspecified atom stereocenters. The van der Waals surface area contributed by atoms with Gasteiger partial charge in [-0.3, -0.25) is 4.79 Å². The Morgan fingerprint density at radius 2 is 2.03 bits per heavy atom. The van der Waals surface area contributed by atoms with Gasteiger partial charge in [0.2, 0.25) is 5.91 Å². The number of carbonyl (C=O) groups is 2. The van der Waals surface area contributed by atoms with Crippen LogP contribution in [0.25, 0.3) is 10.9 Å². The molecule has 0 aliphatic carbocycles. The summed E-state index contributed by atoms with van der Waals surface area (Å²) in [7, 11) is 4.79. The van der Waals surface area contributed by atoms with Crippen molar-refractivity contribution < 1.29 is 19.1 Å². The van der Waals surface area contributed by atoms with Crippen LogP contribution in [0.2, 0.25) is 5.15 Å². The summed E-state index contributed by atoms with van der Waals surface area (Å²) in [5.74, 6) is 0.332. The number of ether oxygens (including phenoxy) is 2. The zero-order chi connectivity index (χ0) is 23.0. The van der Waals surface area contributed by atoms with E-state index in [9.17, 15) is 9.59 Å². The van der Waals surface area contributed by atoms with Crippen molar-refractivity contribution in [2.24, 2.45) is 5.92 Å². The van der Waals surface area contributed by atoms with E-state index in [1.807, 2.05) is 19.2 Å². The van der Waals surface area contributed by atoms with Gasteiger partial charge in [0.1, 0.15) is 10.9 Å². The van der Waals surface area contributed by atoms with Gasteiger partial charge in [-0.05, 0) is 42.7 Å². The molecule has 7 heteroatoms. The van der Waals surface area contributed by atoms with E-state index in [1.165, 1.54) is 7.11 Å². The van der Waals surface area contributed by atoms with Crippen molar-refractivity contribution in [2.45, 2.75) is 25.7 Å². The molecule has 1 amide bonds. The molecule has 3 aromatic rings. The lowest BCUT2D eigenvalue weighted by Gasteiger charge is -2.17. The standard InChI is InChI=1S/C25H27ClN2O4/c1-14(18-7-6-17(25(30)32-4)13-21(18)31-3)22-19-12-15(5-8-20(19)27-23(22)26)11-16-9-10-28(2)24(16)29/h5-8,12-14,16,27H,9-11H2,1-4H3. The Balaban J connectivity index is 1.71. The molecule has 2 atom stereocenters. The highest BCUT2D eigenvalue weighted by atomic mass is 35.5. The predicted molar refractivity (Wildman–Crippen MR) is 125 cm³/mol. The first kappa shape index (κ1) is 22.2. The second kappa shape index (κ2) is 8.87. The van der Waals surface area contributed by atoms with Crippen LogP contribution in [0.1, 0.15) is 46.3 Å². The number of hydrogen-bond acceptors (Lipinski definition) is 4. The number of rotatable bonds is 6. The van der Waals surface area contributed by atoms with Crippen LogP contribution in [-0.4, -0.2) is 49.6 Å². The number of hydrogen-bond donors (Lipinski definition) is 1. The number of carbonyl (C=O) groups excluding carboxylic acids is 2. The quantitative estimate of drug-likeness (QED) is 0.543. The molecule has 0 bridgehead atoms. The number of amides is 1. The summed E-state index contributed by atoms with van der Waals surface area (Å²) in [6.07, 6.45) is 1.60. The summed E-state index contributed by atoms with van der Waals surface area (Å²) in [5, 5.41) is 1.60. The molecule has 32 heavy (non-hydrogen) atoms. The van der Waals surface area contributed by atoms with Gasteiger partial charge in [-0.25, -0.2) is 4.79 Å². The number of halogens is 1. The Labute approximate surface area is 192 Å². The highest BCUT2D eigenvalue weighted by Crippen LogP contribution is 2.40. The first-order chi connectivity index (χ1) is 15.3. The summed E-state index contributed by atoms with van der Waals surface area (Å²) in [5.41, 5.74) is 4.37. The molecule has 0 spiro atoms. The number of benzene rings is 2. The molecule has 4 rings (SSSR count). The number of methoxy groups -OCH3 is 2. The second-order valence-electron chi connectivity index (χ2n) is 8.35. The lowest BCUT2D eigenvalue weighted by atomic mass is 9.90. The average molecular weight is 455 g/mol. The number of aromatic nitrogens is 1. The summed E-state index contributed by atoms with van der Waals surface area (Å²) >= 11 is 6.65. The average Bonchev–Trinajstić information content (AvgIpc) is 3.30. The van der Waals surface area contributed by atoms with E-state index in [2.05, 4.69) is 24.0 Å². The third-order valence-electron chi connectivity index (χ3n) is 6.43. The number of likely N-dealkylation sites (tertiary alicyclic amines) is 1. The van der Waals surface area contributed by atoms with Crippen LogP contribution in [-0.2, 0) is 16.0 Å².